The van der Waals surface area contributed by atoms with Crippen LogP contribution < -0.4 is 0 Å². The van der Waals surface area contributed by atoms with E-state index in [0.717, 1.165) is 0 Å². The summed E-state index contributed by atoms with van der Waals surface area (Å²) in [5.74, 6) is -1.32. The third kappa shape index (κ3) is 2.68. The molecule has 1 aliphatic heterocycles. The fourth-order valence-corrected chi connectivity index (χ4v) is 1.99. The molecule has 1 saturated heterocycles. The van der Waals surface area contributed by atoms with Gasteiger partial charge < -0.3 is 10.0 Å². The number of carbonyl (C=O) groups excluding carboxylic acids is 1. The lowest BCUT2D eigenvalue weighted by Crippen LogP contribution is -2.43. The van der Waals surface area contributed by atoms with Gasteiger partial charge in [0.2, 0.25) is 5.91 Å². The number of nitrogens with zero attached hydrogens (tertiary/aromatic N) is 2. The second kappa shape index (κ2) is 5.11. The van der Waals surface area contributed by atoms with Gasteiger partial charge in [-0.2, -0.15) is 0 Å². The van der Waals surface area contributed by atoms with Crippen LogP contribution in [0.4, 0.5) is 0 Å². The van der Waals surface area contributed by atoms with Gasteiger partial charge in [-0.25, -0.2) is 4.79 Å². The Kier molecular flexibility index (Phi) is 4.07. The Bertz CT molecular complexity index is 284. The number of nitroso groups, excluding NO2 is 1. The van der Waals surface area contributed by atoms with Crippen LogP contribution in [0.25, 0.3) is 0 Å². The predicted molar refractivity (Wildman–Crippen MR) is 55.2 cm³/mol. The van der Waals surface area contributed by atoms with E-state index in [4.69, 9.17) is 5.11 Å². The number of likely N-dealkylation sites (tertiary alicyclic amines) is 1. The molecule has 1 N–H and O–H groups in total. The zero-order valence-electron chi connectivity index (χ0n) is 8.25. The first-order chi connectivity index (χ1) is 7.07. The van der Waals surface area contributed by atoms with Gasteiger partial charge in [0.15, 0.2) is 0 Å². The maximum absolute atomic E-state index is 11.7. The van der Waals surface area contributed by atoms with Crippen molar-refractivity contribution in [3.05, 3.63) is 4.91 Å². The standard InChI is InChI=1S/C8H12N2O4S/c1-5(15-9-14)7(11)10-4-2-3-6(10)8(12)13/h5-6H,2-4H2,1H3,(H,12,13). The number of hydrogen-bond donors (Lipinski definition) is 1. The van der Waals surface area contributed by atoms with Gasteiger partial charge >= 0.3 is 5.97 Å². The topological polar surface area (TPSA) is 87.0 Å². The summed E-state index contributed by atoms with van der Waals surface area (Å²) < 4.78 is 2.57. The highest BCUT2D eigenvalue weighted by molar-refractivity contribution is 7.99. The molecule has 0 aliphatic carbocycles. The highest BCUT2D eigenvalue weighted by atomic mass is 32.2. The van der Waals surface area contributed by atoms with Crippen LogP contribution in [0.15, 0.2) is 4.58 Å². The zero-order valence-corrected chi connectivity index (χ0v) is 9.07. The van der Waals surface area contributed by atoms with Gasteiger partial charge in [0.1, 0.15) is 11.3 Å². The fourth-order valence-electron chi connectivity index (χ4n) is 1.63. The van der Waals surface area contributed by atoms with Crippen molar-refractivity contribution in [2.24, 2.45) is 4.58 Å². The van der Waals surface area contributed by atoms with E-state index >= 15 is 0 Å². The Labute approximate surface area is 91.1 Å². The molecule has 0 bridgehead atoms. The Morgan fingerprint density at radius 3 is 2.80 bits per heavy atom. The molecule has 0 aromatic heterocycles. The molecule has 1 heterocycles. The number of carboxylic acids is 1. The number of hydrogen-bond acceptors (Lipinski definition) is 5. The quantitative estimate of drug-likeness (QED) is 0.574. The summed E-state index contributed by atoms with van der Waals surface area (Å²) >= 11 is 0.625. The molecule has 1 amide bonds. The van der Waals surface area contributed by atoms with E-state index in [9.17, 15) is 14.5 Å². The molecule has 2 unspecified atom stereocenters. The number of amides is 1. The number of aliphatic carboxylic acids is 1. The van der Waals surface area contributed by atoms with Crippen LogP contribution in [-0.4, -0.2) is 39.7 Å². The molecular weight excluding hydrogens is 220 g/mol. The third-order valence-corrected chi connectivity index (χ3v) is 2.97. The first-order valence-corrected chi connectivity index (χ1v) is 5.43. The average molecular weight is 232 g/mol. The van der Waals surface area contributed by atoms with Crippen LogP contribution in [0.3, 0.4) is 0 Å². The van der Waals surface area contributed by atoms with Gasteiger partial charge in [-0.3, -0.25) is 4.79 Å². The first-order valence-electron chi connectivity index (χ1n) is 4.59. The van der Waals surface area contributed by atoms with Gasteiger partial charge in [-0.1, -0.05) is 0 Å². The molecule has 6 nitrogen and oxygen atoms in total. The van der Waals surface area contributed by atoms with Crippen molar-refractivity contribution >= 4 is 23.8 Å². The van der Waals surface area contributed by atoms with Crippen molar-refractivity contribution in [3.63, 3.8) is 0 Å². The average Bonchev–Trinajstić information content (AvgIpc) is 2.65. The van der Waals surface area contributed by atoms with E-state index in [1.54, 1.807) is 6.92 Å². The summed E-state index contributed by atoms with van der Waals surface area (Å²) in [6, 6.07) is -0.743. The van der Waals surface area contributed by atoms with E-state index in [0.29, 0.717) is 31.3 Å². The minimum absolute atomic E-state index is 0.329. The molecule has 0 radical (unpaired) electrons. The molecule has 0 aromatic carbocycles. The van der Waals surface area contributed by atoms with E-state index in [1.165, 1.54) is 4.90 Å². The highest BCUT2D eigenvalue weighted by Gasteiger charge is 2.36. The van der Waals surface area contributed by atoms with Crippen molar-refractivity contribution in [1.29, 1.82) is 0 Å². The molecule has 15 heavy (non-hydrogen) atoms. The van der Waals surface area contributed by atoms with Crippen molar-refractivity contribution in [2.75, 3.05) is 6.54 Å². The minimum Gasteiger partial charge on any atom is -0.480 e. The summed E-state index contributed by atoms with van der Waals surface area (Å²) in [5, 5.41) is 8.25. The Morgan fingerprint density at radius 1 is 1.60 bits per heavy atom. The van der Waals surface area contributed by atoms with Crippen molar-refractivity contribution in [3.8, 4) is 0 Å². The van der Waals surface area contributed by atoms with Gasteiger partial charge in [0, 0.05) is 23.1 Å². The highest BCUT2D eigenvalue weighted by Crippen LogP contribution is 2.22. The van der Waals surface area contributed by atoms with Gasteiger partial charge in [-0.15, -0.1) is 4.91 Å². The van der Waals surface area contributed by atoms with E-state index in [2.05, 4.69) is 4.58 Å². The van der Waals surface area contributed by atoms with Crippen LogP contribution >= 0.6 is 11.9 Å². The summed E-state index contributed by atoms with van der Waals surface area (Å²) in [6.07, 6.45) is 1.17. The Morgan fingerprint density at radius 2 is 2.27 bits per heavy atom. The molecule has 1 rings (SSSR count). The van der Waals surface area contributed by atoms with E-state index in [1.807, 2.05) is 0 Å². The maximum Gasteiger partial charge on any atom is 0.326 e. The SMILES string of the molecule is CC(SN=O)C(=O)N1CCCC1C(=O)O. The third-order valence-electron chi connectivity index (χ3n) is 2.37. The second-order valence-electron chi connectivity index (χ2n) is 3.35. The largest absolute Gasteiger partial charge is 0.480 e. The molecule has 84 valence electrons. The molecular formula is C8H12N2O4S. The minimum atomic E-state index is -0.989. The zero-order chi connectivity index (χ0) is 11.4. The molecule has 2 atom stereocenters. The van der Waals surface area contributed by atoms with Crippen LogP contribution in [0.5, 0.6) is 0 Å². The Hall–Kier alpha value is -1.11. The maximum atomic E-state index is 11.7. The normalized spacial score (nSPS) is 22.5. The van der Waals surface area contributed by atoms with Crippen molar-refractivity contribution in [2.45, 2.75) is 31.1 Å². The van der Waals surface area contributed by atoms with Gasteiger partial charge in [0.05, 0.1) is 0 Å². The van der Waals surface area contributed by atoms with Crippen molar-refractivity contribution in [1.82, 2.24) is 4.90 Å². The number of carboxylic acid groups (broad SMARTS) is 1. The van der Waals surface area contributed by atoms with Gasteiger partial charge in [-0.05, 0) is 19.8 Å². The molecule has 1 fully saturated rings. The summed E-state index contributed by atoms with van der Waals surface area (Å²) in [6.45, 7) is 1.99. The molecule has 1 aliphatic rings. The lowest BCUT2D eigenvalue weighted by atomic mass is 10.2. The monoisotopic (exact) mass is 232 g/mol. The molecule has 0 saturated carbocycles. The van der Waals surface area contributed by atoms with Crippen LogP contribution in [0, 0.1) is 4.91 Å². The summed E-state index contributed by atoms with van der Waals surface area (Å²) in [5.41, 5.74) is 0. The number of rotatable bonds is 4. The second-order valence-corrected chi connectivity index (χ2v) is 4.42. The Balaban J connectivity index is 2.65. The predicted octanol–water partition coefficient (Wildman–Crippen LogP) is 0.865. The van der Waals surface area contributed by atoms with E-state index in [-0.39, 0.29) is 5.91 Å². The van der Waals surface area contributed by atoms with Crippen LogP contribution in [0.1, 0.15) is 19.8 Å². The lowest BCUT2D eigenvalue weighted by molar-refractivity contribution is -0.147. The van der Waals surface area contributed by atoms with Crippen LogP contribution in [-0.2, 0) is 9.59 Å². The first kappa shape index (κ1) is 12.0. The summed E-state index contributed by atoms with van der Waals surface area (Å²) in [7, 11) is 0. The lowest BCUT2D eigenvalue weighted by Gasteiger charge is -2.23. The van der Waals surface area contributed by atoms with E-state index < -0.39 is 17.3 Å². The molecule has 0 aromatic rings. The molecule has 0 spiro atoms. The fraction of sp³-hybridized carbons (Fsp3) is 0.750. The van der Waals surface area contributed by atoms with Crippen molar-refractivity contribution < 1.29 is 14.7 Å². The summed E-state index contributed by atoms with van der Waals surface area (Å²) in [4.78, 5) is 33.8. The number of carbonyl (C=O) groups is 2. The smallest absolute Gasteiger partial charge is 0.326 e. The molecule has 7 heteroatoms. The van der Waals surface area contributed by atoms with Crippen LogP contribution in [0.2, 0.25) is 0 Å². The van der Waals surface area contributed by atoms with Gasteiger partial charge in [0.25, 0.3) is 0 Å².